The highest BCUT2D eigenvalue weighted by molar-refractivity contribution is 5.76. The first kappa shape index (κ1) is 28.9. The fourth-order valence-electron chi connectivity index (χ4n) is 5.31. The Balaban J connectivity index is 1.32. The average Bonchev–Trinajstić information content (AvgIpc) is 3.03. The largest absolute Gasteiger partial charge is 0.482 e. The Morgan fingerprint density at radius 1 is 0.667 bits per heavy atom. The maximum absolute atomic E-state index is 12.3. The van der Waals surface area contributed by atoms with Gasteiger partial charge in [0, 0.05) is 0 Å². The smallest absolute Gasteiger partial charge is 0.344 e. The molecule has 0 heterocycles. The van der Waals surface area contributed by atoms with Gasteiger partial charge in [0.05, 0.1) is 0 Å². The highest BCUT2D eigenvalue weighted by atomic mass is 16.6. The zero-order valence-corrected chi connectivity index (χ0v) is 24.7. The molecular weight excluding hydrogens is 516 g/mol. The molecular formula is C39H38O3. The van der Waals surface area contributed by atoms with E-state index in [9.17, 15) is 4.79 Å². The predicted octanol–water partition coefficient (Wildman–Crippen LogP) is 9.42. The number of esters is 1. The van der Waals surface area contributed by atoms with Crippen LogP contribution in [0.2, 0.25) is 0 Å². The lowest BCUT2D eigenvalue weighted by molar-refractivity contribution is -0.147. The number of aryl methyl sites for hydroxylation is 1. The van der Waals surface area contributed by atoms with E-state index in [0.29, 0.717) is 5.75 Å². The monoisotopic (exact) mass is 554 g/mol. The van der Waals surface area contributed by atoms with Gasteiger partial charge in [-0.25, -0.2) is 4.79 Å². The molecule has 5 aromatic carbocycles. The van der Waals surface area contributed by atoms with E-state index in [1.807, 2.05) is 36.4 Å². The Kier molecular flexibility index (Phi) is 9.51. The number of hydrogen-bond acceptors (Lipinski definition) is 3. The summed E-state index contributed by atoms with van der Waals surface area (Å²) in [5.74, 6) is 0.569. The molecule has 0 radical (unpaired) electrons. The van der Waals surface area contributed by atoms with Gasteiger partial charge < -0.3 is 9.47 Å². The number of hydrogen-bond donors (Lipinski definition) is 0. The molecule has 0 aliphatic carbocycles. The van der Waals surface area contributed by atoms with Gasteiger partial charge in [-0.15, -0.1) is 0 Å². The highest BCUT2D eigenvalue weighted by Gasteiger charge is 2.14. The van der Waals surface area contributed by atoms with Crippen molar-refractivity contribution in [3.63, 3.8) is 0 Å². The summed E-state index contributed by atoms with van der Waals surface area (Å²) in [6, 6.07) is 42.1. The van der Waals surface area contributed by atoms with E-state index in [2.05, 4.69) is 106 Å². The maximum atomic E-state index is 12.3. The second-order valence-corrected chi connectivity index (χ2v) is 10.9. The summed E-state index contributed by atoms with van der Waals surface area (Å²) in [7, 11) is 0. The summed E-state index contributed by atoms with van der Waals surface area (Å²) in [4.78, 5) is 12.3. The fourth-order valence-corrected chi connectivity index (χ4v) is 5.31. The van der Waals surface area contributed by atoms with Crippen molar-refractivity contribution in [2.45, 2.75) is 46.1 Å². The predicted molar refractivity (Wildman–Crippen MR) is 172 cm³/mol. The summed E-state index contributed by atoms with van der Waals surface area (Å²) in [5.41, 5.74) is 11.0. The van der Waals surface area contributed by atoms with Crippen LogP contribution in [0, 0.1) is 0 Å². The third-order valence-corrected chi connectivity index (χ3v) is 7.53. The van der Waals surface area contributed by atoms with Gasteiger partial charge in [0.2, 0.25) is 0 Å². The molecule has 0 unspecified atom stereocenters. The van der Waals surface area contributed by atoms with Crippen LogP contribution < -0.4 is 4.74 Å². The number of ether oxygens (including phenoxy) is 2. The van der Waals surface area contributed by atoms with Crippen molar-refractivity contribution in [1.29, 1.82) is 0 Å². The van der Waals surface area contributed by atoms with Gasteiger partial charge in [-0.2, -0.15) is 0 Å². The molecule has 3 heteroatoms. The molecule has 0 atom stereocenters. The van der Waals surface area contributed by atoms with E-state index in [1.165, 1.54) is 44.5 Å². The molecule has 0 aromatic heterocycles. The van der Waals surface area contributed by atoms with Crippen molar-refractivity contribution < 1.29 is 14.3 Å². The average molecular weight is 555 g/mol. The summed E-state index contributed by atoms with van der Waals surface area (Å²) in [6.07, 6.45) is 1.86. The molecule has 0 saturated carbocycles. The second-order valence-electron chi connectivity index (χ2n) is 10.9. The van der Waals surface area contributed by atoms with Crippen molar-refractivity contribution in [2.75, 3.05) is 6.61 Å². The lowest BCUT2D eigenvalue weighted by Gasteiger charge is -2.18. The molecule has 0 fully saturated rings. The second kappa shape index (κ2) is 13.8. The first-order valence-electron chi connectivity index (χ1n) is 14.7. The van der Waals surface area contributed by atoms with E-state index in [-0.39, 0.29) is 25.1 Å². The minimum absolute atomic E-state index is 0.123. The third kappa shape index (κ3) is 7.36. The lowest BCUT2D eigenvalue weighted by atomic mass is 9.88. The molecule has 5 aromatic rings. The molecule has 0 aliphatic heterocycles. The molecule has 0 amide bonds. The molecule has 0 saturated heterocycles. The Morgan fingerprint density at radius 2 is 1.33 bits per heavy atom. The van der Waals surface area contributed by atoms with Crippen LogP contribution in [0.3, 0.4) is 0 Å². The van der Waals surface area contributed by atoms with Crippen molar-refractivity contribution in [1.82, 2.24) is 0 Å². The Bertz CT molecular complexity index is 1620. The van der Waals surface area contributed by atoms with Gasteiger partial charge in [0.1, 0.15) is 12.4 Å². The Hall–Kier alpha value is -4.63. The van der Waals surface area contributed by atoms with E-state index in [4.69, 9.17) is 9.47 Å². The molecule has 5 rings (SSSR count). The van der Waals surface area contributed by atoms with Crippen LogP contribution in [0.15, 0.2) is 121 Å². The van der Waals surface area contributed by atoms with Crippen molar-refractivity contribution >= 4 is 5.97 Å². The van der Waals surface area contributed by atoms with Crippen LogP contribution in [0.4, 0.5) is 0 Å². The highest BCUT2D eigenvalue weighted by Crippen LogP contribution is 2.36. The standard InChI is InChI=1S/C39H38O3/c1-4-32-24-34(18-20-36(32)33-17-11-16-31(23-33)22-29-12-7-5-8-13-29)37-21-19-35(25-38(37)28(2)3)41-27-39(40)42-26-30-14-9-6-10-15-30/h5-21,23-25,28H,4,22,26-27H2,1-3H3. The van der Waals surface area contributed by atoms with Crippen molar-refractivity contribution in [3.8, 4) is 28.0 Å². The van der Waals surface area contributed by atoms with E-state index < -0.39 is 0 Å². The number of carbonyl (C=O) groups is 1. The first-order chi connectivity index (χ1) is 20.5. The van der Waals surface area contributed by atoms with Crippen LogP contribution in [0.25, 0.3) is 22.3 Å². The number of benzene rings is 5. The van der Waals surface area contributed by atoms with Crippen LogP contribution in [-0.2, 0) is 29.0 Å². The van der Waals surface area contributed by atoms with E-state index in [1.54, 1.807) is 0 Å². The molecule has 0 N–H and O–H groups in total. The zero-order chi connectivity index (χ0) is 29.3. The fraction of sp³-hybridized carbons (Fsp3) is 0.205. The summed E-state index contributed by atoms with van der Waals surface area (Å²) in [5, 5.41) is 0. The van der Waals surface area contributed by atoms with Crippen LogP contribution in [0.1, 0.15) is 54.5 Å². The van der Waals surface area contributed by atoms with Gasteiger partial charge in [-0.05, 0) is 81.0 Å². The molecule has 42 heavy (non-hydrogen) atoms. The summed E-state index contributed by atoms with van der Waals surface area (Å²) < 4.78 is 11.2. The minimum Gasteiger partial charge on any atom is -0.482 e. The van der Waals surface area contributed by atoms with Gasteiger partial charge in [-0.3, -0.25) is 0 Å². The third-order valence-electron chi connectivity index (χ3n) is 7.53. The van der Waals surface area contributed by atoms with Gasteiger partial charge >= 0.3 is 5.97 Å². The molecule has 3 nitrogen and oxygen atoms in total. The summed E-state index contributed by atoms with van der Waals surface area (Å²) in [6.45, 7) is 6.70. The van der Waals surface area contributed by atoms with Crippen LogP contribution >= 0.6 is 0 Å². The molecule has 0 aliphatic rings. The number of rotatable bonds is 11. The van der Waals surface area contributed by atoms with Gasteiger partial charge in [-0.1, -0.05) is 130 Å². The Labute approximate surface area is 249 Å². The van der Waals surface area contributed by atoms with Crippen molar-refractivity contribution in [2.24, 2.45) is 0 Å². The van der Waals surface area contributed by atoms with E-state index >= 15 is 0 Å². The summed E-state index contributed by atoms with van der Waals surface area (Å²) >= 11 is 0. The first-order valence-corrected chi connectivity index (χ1v) is 14.7. The lowest BCUT2D eigenvalue weighted by Crippen LogP contribution is -2.15. The molecule has 212 valence electrons. The Morgan fingerprint density at radius 3 is 2.05 bits per heavy atom. The maximum Gasteiger partial charge on any atom is 0.344 e. The number of carbonyl (C=O) groups excluding carboxylic acids is 1. The van der Waals surface area contributed by atoms with Gasteiger partial charge in [0.15, 0.2) is 6.61 Å². The van der Waals surface area contributed by atoms with Crippen LogP contribution in [-0.4, -0.2) is 12.6 Å². The normalized spacial score (nSPS) is 11.0. The molecule has 0 spiro atoms. The van der Waals surface area contributed by atoms with E-state index in [0.717, 1.165) is 18.4 Å². The van der Waals surface area contributed by atoms with Crippen LogP contribution in [0.5, 0.6) is 5.75 Å². The zero-order valence-electron chi connectivity index (χ0n) is 24.7. The minimum atomic E-state index is -0.384. The van der Waals surface area contributed by atoms with Gasteiger partial charge in [0.25, 0.3) is 0 Å². The SMILES string of the molecule is CCc1cc(-c2ccc(OCC(=O)OCc3ccccc3)cc2C(C)C)ccc1-c1cccc(Cc2ccccc2)c1. The quantitative estimate of drug-likeness (QED) is 0.153. The molecule has 0 bridgehead atoms. The van der Waals surface area contributed by atoms with Crippen molar-refractivity contribution in [3.05, 3.63) is 149 Å². The topological polar surface area (TPSA) is 35.5 Å².